The van der Waals surface area contributed by atoms with Crippen LogP contribution in [0.5, 0.6) is 11.5 Å². The summed E-state index contributed by atoms with van der Waals surface area (Å²) < 4.78 is 11.8. The number of anilines is 1. The average Bonchev–Trinajstić information content (AvgIpc) is 3.00. The van der Waals surface area contributed by atoms with Gasteiger partial charge in [-0.15, -0.1) is 0 Å². The van der Waals surface area contributed by atoms with Crippen molar-refractivity contribution in [2.45, 2.75) is 51.2 Å². The van der Waals surface area contributed by atoms with E-state index in [1.54, 1.807) is 0 Å². The Balaban J connectivity index is 1.33. The number of ether oxygens (including phenoxy) is 2. The van der Waals surface area contributed by atoms with E-state index >= 15 is 0 Å². The third-order valence-electron chi connectivity index (χ3n) is 5.32. The number of aromatic nitrogens is 2. The first-order chi connectivity index (χ1) is 13.8. The van der Waals surface area contributed by atoms with Gasteiger partial charge in [0.2, 0.25) is 5.95 Å². The molecule has 1 aliphatic carbocycles. The first-order valence-electron chi connectivity index (χ1n) is 10.1. The van der Waals surface area contributed by atoms with E-state index in [0.717, 1.165) is 54.2 Å². The lowest BCUT2D eigenvalue weighted by molar-refractivity contribution is -0.123. The van der Waals surface area contributed by atoms with Gasteiger partial charge in [0, 0.05) is 44.0 Å². The van der Waals surface area contributed by atoms with Gasteiger partial charge in [-0.2, -0.15) is 0 Å². The Bertz CT molecular complexity index is 926. The Morgan fingerprint density at radius 3 is 2.97 bits per heavy atom. The number of hydrogen-bond acceptors (Lipinski definition) is 6. The maximum Gasteiger partial charge on any atom is 0.258 e. The summed E-state index contributed by atoms with van der Waals surface area (Å²) in [5.41, 5.74) is 3.05. The Kier molecular flexibility index (Phi) is 5.06. The third-order valence-corrected chi connectivity index (χ3v) is 5.32. The van der Waals surface area contributed by atoms with Crippen LogP contribution in [0.1, 0.15) is 37.1 Å². The van der Waals surface area contributed by atoms with Crippen LogP contribution in [-0.2, 0) is 24.1 Å². The number of nitrogens with one attached hydrogen (secondary N) is 1. The molecule has 2 aromatic rings. The molecule has 7 heteroatoms. The fraction of sp³-hybridized carbons (Fsp3) is 0.500. The molecule has 29 heavy (non-hydrogen) atoms. The van der Waals surface area contributed by atoms with E-state index < -0.39 is 0 Å². The molecule has 1 amide bonds. The SMILES string of the molecule is CN(C)c1ncc2c(n1)CCC(NC(=O)COc1cccc3c1OC(C)(C)C3)C2. The minimum atomic E-state index is -0.242. The highest BCUT2D eigenvalue weighted by atomic mass is 16.5. The molecule has 154 valence electrons. The van der Waals surface area contributed by atoms with Crippen LogP contribution in [-0.4, -0.2) is 48.2 Å². The molecule has 2 heterocycles. The second-order valence-corrected chi connectivity index (χ2v) is 8.62. The molecule has 1 unspecified atom stereocenters. The molecule has 1 N–H and O–H groups in total. The van der Waals surface area contributed by atoms with Gasteiger partial charge in [0.25, 0.3) is 5.91 Å². The maximum atomic E-state index is 12.5. The maximum absolute atomic E-state index is 12.5. The van der Waals surface area contributed by atoms with E-state index in [4.69, 9.17) is 9.47 Å². The highest BCUT2D eigenvalue weighted by molar-refractivity contribution is 5.78. The number of rotatable bonds is 5. The van der Waals surface area contributed by atoms with Gasteiger partial charge in [-0.1, -0.05) is 12.1 Å². The molecule has 0 saturated heterocycles. The molecule has 7 nitrogen and oxygen atoms in total. The summed E-state index contributed by atoms with van der Waals surface area (Å²) in [6, 6.07) is 5.91. The number of fused-ring (bicyclic) bond motifs is 2. The number of amides is 1. The molecule has 2 aliphatic rings. The smallest absolute Gasteiger partial charge is 0.258 e. The molecule has 0 spiro atoms. The minimum Gasteiger partial charge on any atom is -0.483 e. The van der Waals surface area contributed by atoms with Crippen LogP contribution in [0, 0.1) is 0 Å². The molecule has 1 aromatic carbocycles. The van der Waals surface area contributed by atoms with Crippen molar-refractivity contribution in [2.24, 2.45) is 0 Å². The number of aryl methyl sites for hydroxylation is 1. The monoisotopic (exact) mass is 396 g/mol. The molecular weight excluding hydrogens is 368 g/mol. The van der Waals surface area contributed by atoms with Crippen LogP contribution in [0.4, 0.5) is 5.95 Å². The van der Waals surface area contributed by atoms with Crippen molar-refractivity contribution in [1.29, 1.82) is 0 Å². The number of carbonyl (C=O) groups excluding carboxylic acids is 1. The molecule has 1 aliphatic heterocycles. The fourth-order valence-corrected chi connectivity index (χ4v) is 3.95. The zero-order valence-electron chi connectivity index (χ0n) is 17.5. The van der Waals surface area contributed by atoms with E-state index in [1.807, 2.05) is 43.4 Å². The molecule has 0 radical (unpaired) electrons. The molecule has 0 fully saturated rings. The zero-order chi connectivity index (χ0) is 20.6. The molecule has 1 atom stereocenters. The average molecular weight is 396 g/mol. The van der Waals surface area contributed by atoms with Gasteiger partial charge in [-0.25, -0.2) is 9.97 Å². The van der Waals surface area contributed by atoms with Crippen molar-refractivity contribution in [1.82, 2.24) is 15.3 Å². The van der Waals surface area contributed by atoms with Crippen LogP contribution in [0.2, 0.25) is 0 Å². The summed E-state index contributed by atoms with van der Waals surface area (Å²) in [5, 5.41) is 3.08. The van der Waals surface area contributed by atoms with Crippen molar-refractivity contribution < 1.29 is 14.3 Å². The first-order valence-corrected chi connectivity index (χ1v) is 10.1. The molecule has 4 rings (SSSR count). The van der Waals surface area contributed by atoms with Crippen molar-refractivity contribution in [2.75, 3.05) is 25.6 Å². The lowest BCUT2D eigenvalue weighted by Crippen LogP contribution is -2.41. The second-order valence-electron chi connectivity index (χ2n) is 8.62. The standard InChI is InChI=1S/C22H28N4O3/c1-22(2)11-14-6-5-7-18(20(14)29-22)28-13-19(27)24-16-8-9-17-15(10-16)12-23-21(25-17)26(3)4/h5-7,12,16H,8-11,13H2,1-4H3,(H,24,27). The summed E-state index contributed by atoms with van der Waals surface area (Å²) in [7, 11) is 3.86. The van der Waals surface area contributed by atoms with E-state index in [2.05, 4.69) is 29.1 Å². The Morgan fingerprint density at radius 1 is 1.34 bits per heavy atom. The van der Waals surface area contributed by atoms with E-state index in [0.29, 0.717) is 5.75 Å². The predicted octanol–water partition coefficient (Wildman–Crippen LogP) is 2.31. The Labute approximate surface area is 171 Å². The summed E-state index contributed by atoms with van der Waals surface area (Å²) in [5.74, 6) is 1.98. The lowest BCUT2D eigenvalue weighted by Gasteiger charge is -2.25. The topological polar surface area (TPSA) is 76.6 Å². The van der Waals surface area contributed by atoms with Gasteiger partial charge in [-0.05, 0) is 44.7 Å². The van der Waals surface area contributed by atoms with Crippen LogP contribution in [0.3, 0.4) is 0 Å². The van der Waals surface area contributed by atoms with Crippen molar-refractivity contribution in [3.63, 3.8) is 0 Å². The van der Waals surface area contributed by atoms with Crippen LogP contribution >= 0.6 is 0 Å². The van der Waals surface area contributed by atoms with Crippen LogP contribution in [0.15, 0.2) is 24.4 Å². The highest BCUT2D eigenvalue weighted by Gasteiger charge is 2.32. The quantitative estimate of drug-likeness (QED) is 0.836. The first kappa shape index (κ1) is 19.5. The van der Waals surface area contributed by atoms with Gasteiger partial charge in [0.1, 0.15) is 5.60 Å². The number of hydrogen-bond donors (Lipinski definition) is 1. The van der Waals surface area contributed by atoms with Gasteiger partial charge < -0.3 is 19.7 Å². The second kappa shape index (κ2) is 7.54. The normalized spacial score (nSPS) is 19.0. The Morgan fingerprint density at radius 2 is 2.17 bits per heavy atom. The minimum absolute atomic E-state index is 0.0281. The summed E-state index contributed by atoms with van der Waals surface area (Å²) in [6.45, 7) is 4.07. The largest absolute Gasteiger partial charge is 0.483 e. The summed E-state index contributed by atoms with van der Waals surface area (Å²) >= 11 is 0. The number of para-hydroxylation sites is 1. The molecule has 1 aromatic heterocycles. The molecule has 0 saturated carbocycles. The molecular formula is C22H28N4O3. The van der Waals surface area contributed by atoms with Crippen molar-refractivity contribution in [3.8, 4) is 11.5 Å². The number of carbonyl (C=O) groups is 1. The Hall–Kier alpha value is -2.83. The summed E-state index contributed by atoms with van der Waals surface area (Å²) in [6.07, 6.45) is 5.15. The van der Waals surface area contributed by atoms with E-state index in [9.17, 15) is 4.79 Å². The number of nitrogens with zero attached hydrogens (tertiary/aromatic N) is 3. The van der Waals surface area contributed by atoms with Crippen LogP contribution < -0.4 is 19.7 Å². The van der Waals surface area contributed by atoms with Gasteiger partial charge >= 0.3 is 0 Å². The van der Waals surface area contributed by atoms with Gasteiger partial charge in [0.15, 0.2) is 18.1 Å². The van der Waals surface area contributed by atoms with E-state index in [1.165, 1.54) is 0 Å². The van der Waals surface area contributed by atoms with Crippen molar-refractivity contribution in [3.05, 3.63) is 41.2 Å². The fourth-order valence-electron chi connectivity index (χ4n) is 3.95. The highest BCUT2D eigenvalue weighted by Crippen LogP contribution is 2.41. The predicted molar refractivity (Wildman–Crippen MR) is 111 cm³/mol. The van der Waals surface area contributed by atoms with Gasteiger partial charge in [0.05, 0.1) is 0 Å². The van der Waals surface area contributed by atoms with Crippen molar-refractivity contribution >= 4 is 11.9 Å². The lowest BCUT2D eigenvalue weighted by atomic mass is 9.93. The summed E-state index contributed by atoms with van der Waals surface area (Å²) in [4.78, 5) is 23.4. The van der Waals surface area contributed by atoms with Gasteiger partial charge in [-0.3, -0.25) is 4.79 Å². The van der Waals surface area contributed by atoms with E-state index in [-0.39, 0.29) is 24.2 Å². The molecule has 0 bridgehead atoms. The zero-order valence-corrected chi connectivity index (χ0v) is 17.5. The van der Waals surface area contributed by atoms with Crippen LogP contribution in [0.25, 0.3) is 0 Å². The third kappa shape index (κ3) is 4.28. The number of benzene rings is 1.